The van der Waals surface area contributed by atoms with Crippen LogP contribution in [0.5, 0.6) is 0 Å². The number of allylic oxidation sites excluding steroid dienone is 2. The third-order valence-corrected chi connectivity index (χ3v) is 8.96. The summed E-state index contributed by atoms with van der Waals surface area (Å²) in [5, 5.41) is 20.6. The molecule has 2 aliphatic rings. The van der Waals surface area contributed by atoms with Crippen molar-refractivity contribution in [3.8, 4) is 0 Å². The zero-order chi connectivity index (χ0) is 25.7. The summed E-state index contributed by atoms with van der Waals surface area (Å²) in [5.74, 6) is -0.267. The van der Waals surface area contributed by atoms with E-state index >= 15 is 0 Å². The minimum atomic E-state index is -3.58. The molecule has 2 rings (SSSR count). The molecule has 1 aliphatic heterocycles. The number of carbonyl (C=O) groups excluding carboxylic acids is 1. The smallest absolute Gasteiger partial charge is 0.237 e. The van der Waals surface area contributed by atoms with E-state index in [0.29, 0.717) is 12.8 Å². The second-order valence-electron chi connectivity index (χ2n) is 11.2. The van der Waals surface area contributed by atoms with Gasteiger partial charge in [-0.25, -0.2) is 8.42 Å². The highest BCUT2D eigenvalue weighted by molar-refractivity contribution is 7.90. The molecule has 0 radical (unpaired) electrons. The lowest BCUT2D eigenvalue weighted by Crippen LogP contribution is -2.35. The average Bonchev–Trinajstić information content (AvgIpc) is 3.23. The van der Waals surface area contributed by atoms with Crippen LogP contribution in [0.15, 0.2) is 23.8 Å². The maximum absolute atomic E-state index is 11.9. The molecule has 7 nitrogen and oxygen atoms in total. The lowest BCUT2D eigenvalue weighted by Gasteiger charge is -2.28. The predicted molar refractivity (Wildman–Crippen MR) is 135 cm³/mol. The van der Waals surface area contributed by atoms with Crippen molar-refractivity contribution in [3.05, 3.63) is 23.8 Å². The second-order valence-corrected chi connectivity index (χ2v) is 13.5. The lowest BCUT2D eigenvalue weighted by atomic mass is 9.81. The molecule has 1 amide bonds. The predicted octanol–water partition coefficient (Wildman–Crippen LogP) is 3.86. The Morgan fingerprint density at radius 2 is 1.88 bits per heavy atom. The molecule has 0 aromatic carbocycles. The molecular formula is C26H45NO6S. The summed E-state index contributed by atoms with van der Waals surface area (Å²) in [6, 6.07) is 0. The molecule has 1 unspecified atom stereocenters. The summed E-state index contributed by atoms with van der Waals surface area (Å²) in [4.78, 5) is 11.9. The number of aliphatic hydroxyl groups is 2. The van der Waals surface area contributed by atoms with Crippen molar-refractivity contribution in [3.63, 3.8) is 0 Å². The first-order chi connectivity index (χ1) is 15.7. The first-order valence-electron chi connectivity index (χ1n) is 12.6. The van der Waals surface area contributed by atoms with Crippen LogP contribution in [0.25, 0.3) is 0 Å². The van der Waals surface area contributed by atoms with Crippen molar-refractivity contribution in [2.75, 3.05) is 0 Å². The van der Waals surface area contributed by atoms with Gasteiger partial charge in [0.1, 0.15) is 0 Å². The highest BCUT2D eigenvalue weighted by Crippen LogP contribution is 2.45. The van der Waals surface area contributed by atoms with Gasteiger partial charge in [0, 0.05) is 18.8 Å². The largest absolute Gasteiger partial charge is 0.392 e. The van der Waals surface area contributed by atoms with E-state index in [4.69, 9.17) is 4.74 Å². The summed E-state index contributed by atoms with van der Waals surface area (Å²) >= 11 is 0. The Bertz CT molecular complexity index is 843. The summed E-state index contributed by atoms with van der Waals surface area (Å²) < 4.78 is 31.8. The molecule has 6 atom stereocenters. The van der Waals surface area contributed by atoms with Crippen molar-refractivity contribution in [2.45, 2.75) is 116 Å². The number of carbonyl (C=O) groups is 1. The average molecular weight is 500 g/mol. The van der Waals surface area contributed by atoms with E-state index < -0.39 is 33.4 Å². The van der Waals surface area contributed by atoms with Gasteiger partial charge in [0.2, 0.25) is 15.9 Å². The van der Waals surface area contributed by atoms with Crippen molar-refractivity contribution in [1.29, 1.82) is 0 Å². The monoisotopic (exact) mass is 499 g/mol. The number of rotatable bonds is 12. The molecule has 8 heteroatoms. The van der Waals surface area contributed by atoms with E-state index in [1.807, 2.05) is 26.0 Å². The summed E-state index contributed by atoms with van der Waals surface area (Å²) in [6.45, 7) is 11.3. The van der Waals surface area contributed by atoms with Gasteiger partial charge in [-0.05, 0) is 64.7 Å². The normalized spacial score (nSPS) is 28.3. The van der Waals surface area contributed by atoms with Crippen molar-refractivity contribution in [1.82, 2.24) is 4.72 Å². The van der Waals surface area contributed by atoms with Gasteiger partial charge in [-0.15, -0.1) is 0 Å². The fraction of sp³-hybridized carbons (Fsp3) is 0.808. The van der Waals surface area contributed by atoms with Crippen molar-refractivity contribution < 1.29 is 28.2 Å². The van der Waals surface area contributed by atoms with Gasteiger partial charge in [-0.1, -0.05) is 44.1 Å². The van der Waals surface area contributed by atoms with Gasteiger partial charge in [0.05, 0.1) is 29.7 Å². The second kappa shape index (κ2) is 12.2. The van der Waals surface area contributed by atoms with Crippen LogP contribution in [0.3, 0.4) is 0 Å². The molecular weight excluding hydrogens is 454 g/mol. The minimum absolute atomic E-state index is 0.0185. The zero-order valence-corrected chi connectivity index (χ0v) is 22.5. The zero-order valence-electron chi connectivity index (χ0n) is 21.7. The Balaban J connectivity index is 1.81. The third kappa shape index (κ3) is 8.18. The molecule has 1 saturated carbocycles. The van der Waals surface area contributed by atoms with Crippen LogP contribution < -0.4 is 4.72 Å². The Labute approximate surface area is 206 Å². The fourth-order valence-electron chi connectivity index (χ4n) is 4.70. The van der Waals surface area contributed by atoms with Crippen LogP contribution in [0.4, 0.5) is 0 Å². The molecule has 2 fully saturated rings. The van der Waals surface area contributed by atoms with Gasteiger partial charge in [-0.3, -0.25) is 9.52 Å². The van der Waals surface area contributed by atoms with E-state index in [0.717, 1.165) is 25.7 Å². The standard InChI is InChI=1S/C26H45NO6S/c1-17(2)13-14-26(5,6)24(29)12-11-20-21-15-19(33-23(21)16-22(20)28)9-7-8-10-25(30)27-34(31,32)18(3)4/h11-13,18-24,28-29H,7-10,14-16H2,1-6H3,(H,27,30)/t19-,20-,21-,22?,23+,24-/m1/s1. The summed E-state index contributed by atoms with van der Waals surface area (Å²) in [6.07, 6.45) is 9.60. The maximum Gasteiger partial charge on any atom is 0.237 e. The lowest BCUT2D eigenvalue weighted by molar-refractivity contribution is -0.119. The third-order valence-electron chi connectivity index (χ3n) is 7.20. The van der Waals surface area contributed by atoms with Crippen LogP contribution in [0, 0.1) is 17.3 Å². The number of unbranched alkanes of at least 4 members (excludes halogenated alkanes) is 1. The minimum Gasteiger partial charge on any atom is -0.392 e. The quantitative estimate of drug-likeness (QED) is 0.278. The number of sulfonamides is 1. The Hall–Kier alpha value is -1.22. The topological polar surface area (TPSA) is 113 Å². The first-order valence-corrected chi connectivity index (χ1v) is 14.2. The van der Waals surface area contributed by atoms with Crippen LogP contribution in [-0.4, -0.2) is 54.2 Å². The molecule has 1 aliphatic carbocycles. The van der Waals surface area contributed by atoms with Gasteiger partial charge in [-0.2, -0.15) is 0 Å². The molecule has 0 aromatic heterocycles. The van der Waals surface area contributed by atoms with E-state index in [1.165, 1.54) is 19.4 Å². The van der Waals surface area contributed by atoms with Gasteiger partial charge >= 0.3 is 0 Å². The SMILES string of the molecule is CC(C)=CCC(C)(C)[C@H](O)C=C[C@H]1C(O)C[C@@H]2O[C@H](CCCCC(=O)NS(=O)(=O)C(C)C)C[C@@H]21. The van der Waals surface area contributed by atoms with Gasteiger partial charge in [0.15, 0.2) is 0 Å². The number of hydrogen-bond acceptors (Lipinski definition) is 6. The van der Waals surface area contributed by atoms with E-state index in [9.17, 15) is 23.4 Å². The van der Waals surface area contributed by atoms with Gasteiger partial charge in [0.25, 0.3) is 0 Å². The number of aliphatic hydroxyl groups excluding tert-OH is 2. The highest BCUT2D eigenvalue weighted by atomic mass is 32.2. The van der Waals surface area contributed by atoms with E-state index in [-0.39, 0.29) is 35.9 Å². The molecule has 0 spiro atoms. The molecule has 1 heterocycles. The van der Waals surface area contributed by atoms with Crippen LogP contribution in [0.1, 0.15) is 86.5 Å². The highest BCUT2D eigenvalue weighted by Gasteiger charge is 2.47. The van der Waals surface area contributed by atoms with Crippen LogP contribution in [-0.2, 0) is 19.6 Å². The molecule has 34 heavy (non-hydrogen) atoms. The van der Waals surface area contributed by atoms with Gasteiger partial charge < -0.3 is 14.9 Å². The number of fused-ring (bicyclic) bond motifs is 1. The van der Waals surface area contributed by atoms with Crippen LogP contribution >= 0.6 is 0 Å². The number of ether oxygens (including phenoxy) is 1. The molecule has 0 aromatic rings. The molecule has 1 saturated heterocycles. The first kappa shape index (κ1) is 29.0. The Kier molecular flexibility index (Phi) is 10.4. The number of hydrogen-bond donors (Lipinski definition) is 3. The Morgan fingerprint density at radius 1 is 1.21 bits per heavy atom. The van der Waals surface area contributed by atoms with Crippen molar-refractivity contribution >= 4 is 15.9 Å². The summed E-state index contributed by atoms with van der Waals surface area (Å²) in [5.41, 5.74) is 0.945. The molecule has 3 N–H and O–H groups in total. The van der Waals surface area contributed by atoms with Crippen molar-refractivity contribution in [2.24, 2.45) is 17.3 Å². The Morgan fingerprint density at radius 3 is 2.50 bits per heavy atom. The maximum atomic E-state index is 11.9. The fourth-order valence-corrected chi connectivity index (χ4v) is 5.35. The van der Waals surface area contributed by atoms with E-state index in [1.54, 1.807) is 0 Å². The number of amides is 1. The molecule has 196 valence electrons. The van der Waals surface area contributed by atoms with Crippen LogP contribution in [0.2, 0.25) is 0 Å². The molecule has 0 bridgehead atoms. The number of nitrogens with one attached hydrogen (secondary N) is 1. The summed E-state index contributed by atoms with van der Waals surface area (Å²) in [7, 11) is -3.58. The van der Waals surface area contributed by atoms with E-state index in [2.05, 4.69) is 24.6 Å².